The molecule has 1 fully saturated rings. The lowest BCUT2D eigenvalue weighted by atomic mass is 10.1. The monoisotopic (exact) mass is 428 g/mol. The number of amides is 2. The minimum atomic E-state index is -0.506. The maximum Gasteiger partial charge on any atom is 0.293 e. The third kappa shape index (κ3) is 4.99. The molecule has 8 nitrogen and oxygen atoms in total. The van der Waals surface area contributed by atoms with Gasteiger partial charge in [0.2, 0.25) is 0 Å². The number of nitrogens with one attached hydrogen (secondary N) is 1. The van der Waals surface area contributed by atoms with Crippen LogP contribution in [0.5, 0.6) is 0 Å². The van der Waals surface area contributed by atoms with Gasteiger partial charge in [-0.15, -0.1) is 0 Å². The van der Waals surface area contributed by atoms with Crippen molar-refractivity contribution in [3.05, 3.63) is 69.0 Å². The minimum Gasteiger partial charge on any atom is -0.362 e. The Morgan fingerprint density at radius 1 is 1.06 bits per heavy atom. The van der Waals surface area contributed by atoms with Gasteiger partial charge in [-0.05, 0) is 50.6 Å². The number of hydrogen-bond acceptors (Lipinski definition) is 5. The molecule has 2 aromatic rings. The van der Waals surface area contributed by atoms with Crippen LogP contribution in [0.3, 0.4) is 0 Å². The Morgan fingerprint density at radius 3 is 2.29 bits per heavy atom. The second-order valence-corrected chi connectivity index (χ2v) is 7.83. The van der Waals surface area contributed by atoms with Crippen molar-refractivity contribution >= 4 is 23.2 Å². The molecular formula is C22H25FN4O4. The number of nitro groups is 1. The van der Waals surface area contributed by atoms with Crippen molar-refractivity contribution < 1.29 is 18.9 Å². The second-order valence-electron chi connectivity index (χ2n) is 7.83. The van der Waals surface area contributed by atoms with E-state index in [-0.39, 0.29) is 34.7 Å². The Balaban J connectivity index is 1.73. The summed E-state index contributed by atoms with van der Waals surface area (Å²) in [6.45, 7) is 6.73. The molecule has 1 aliphatic rings. The predicted octanol–water partition coefficient (Wildman–Crippen LogP) is 3.14. The zero-order valence-electron chi connectivity index (χ0n) is 17.7. The summed E-state index contributed by atoms with van der Waals surface area (Å²) in [5.74, 6) is -1.07. The number of rotatable bonds is 5. The number of benzene rings is 2. The maximum atomic E-state index is 13.8. The van der Waals surface area contributed by atoms with E-state index in [1.54, 1.807) is 36.1 Å². The number of carbonyl (C=O) groups excluding carboxylic acids is 2. The van der Waals surface area contributed by atoms with Crippen LogP contribution in [-0.4, -0.2) is 53.9 Å². The summed E-state index contributed by atoms with van der Waals surface area (Å²) in [6, 6.07) is 8.72. The molecule has 1 saturated heterocycles. The van der Waals surface area contributed by atoms with Gasteiger partial charge in [0, 0.05) is 49.4 Å². The van der Waals surface area contributed by atoms with Crippen molar-refractivity contribution in [1.82, 2.24) is 10.2 Å². The Hall–Kier alpha value is -3.49. The number of nitrogens with zero attached hydrogens (tertiary/aromatic N) is 3. The molecule has 1 aliphatic heterocycles. The molecule has 31 heavy (non-hydrogen) atoms. The van der Waals surface area contributed by atoms with Crippen LogP contribution < -0.4 is 10.2 Å². The molecular weight excluding hydrogens is 403 g/mol. The van der Waals surface area contributed by atoms with Crippen molar-refractivity contribution in [3.8, 4) is 0 Å². The summed E-state index contributed by atoms with van der Waals surface area (Å²) in [4.78, 5) is 39.4. The van der Waals surface area contributed by atoms with Gasteiger partial charge >= 0.3 is 0 Å². The van der Waals surface area contributed by atoms with Gasteiger partial charge in [0.15, 0.2) is 0 Å². The van der Waals surface area contributed by atoms with Gasteiger partial charge in [0.05, 0.1) is 4.92 Å². The zero-order valence-corrected chi connectivity index (χ0v) is 17.7. The van der Waals surface area contributed by atoms with E-state index in [1.807, 2.05) is 18.7 Å². The van der Waals surface area contributed by atoms with Crippen LogP contribution in [0.15, 0.2) is 36.4 Å². The van der Waals surface area contributed by atoms with Crippen molar-refractivity contribution in [2.45, 2.75) is 26.8 Å². The van der Waals surface area contributed by atoms with E-state index >= 15 is 0 Å². The lowest BCUT2D eigenvalue weighted by Gasteiger charge is -2.36. The fraction of sp³-hybridized carbons (Fsp3) is 0.364. The summed E-state index contributed by atoms with van der Waals surface area (Å²) in [5, 5.41) is 14.3. The van der Waals surface area contributed by atoms with Crippen LogP contribution in [-0.2, 0) is 0 Å². The van der Waals surface area contributed by atoms with Crippen LogP contribution in [0.1, 0.15) is 40.1 Å². The minimum absolute atomic E-state index is 0.0844. The largest absolute Gasteiger partial charge is 0.362 e. The van der Waals surface area contributed by atoms with Gasteiger partial charge in [-0.3, -0.25) is 19.7 Å². The van der Waals surface area contributed by atoms with Crippen molar-refractivity contribution in [3.63, 3.8) is 0 Å². The molecule has 1 heterocycles. The topological polar surface area (TPSA) is 95.8 Å². The Bertz CT molecular complexity index is 1020. The highest BCUT2D eigenvalue weighted by atomic mass is 19.1. The molecule has 0 radical (unpaired) electrons. The first-order valence-corrected chi connectivity index (χ1v) is 10.1. The first kappa shape index (κ1) is 22.2. The fourth-order valence-electron chi connectivity index (χ4n) is 3.48. The van der Waals surface area contributed by atoms with Gasteiger partial charge in [-0.2, -0.15) is 0 Å². The average Bonchev–Trinajstić information content (AvgIpc) is 2.74. The van der Waals surface area contributed by atoms with E-state index in [0.717, 1.165) is 0 Å². The van der Waals surface area contributed by atoms with Crippen molar-refractivity contribution in [1.29, 1.82) is 0 Å². The smallest absolute Gasteiger partial charge is 0.293 e. The molecule has 0 unspecified atom stereocenters. The summed E-state index contributed by atoms with van der Waals surface area (Å²) in [6.07, 6.45) is 0. The summed E-state index contributed by atoms with van der Waals surface area (Å²) in [5.41, 5.74) is 1.22. The summed E-state index contributed by atoms with van der Waals surface area (Å²) < 4.78 is 13.8. The molecule has 0 spiro atoms. The van der Waals surface area contributed by atoms with Crippen LogP contribution in [0.2, 0.25) is 0 Å². The van der Waals surface area contributed by atoms with E-state index in [4.69, 9.17) is 0 Å². The van der Waals surface area contributed by atoms with E-state index in [9.17, 15) is 24.1 Å². The SMILES string of the molecule is Cc1ccc(C(=O)N2CCN(c3ccc(C(=O)NC(C)C)cc3[N+](=O)[O-])CC2)cc1F. The zero-order chi connectivity index (χ0) is 22.7. The highest BCUT2D eigenvalue weighted by Gasteiger charge is 2.27. The first-order chi connectivity index (χ1) is 14.7. The quantitative estimate of drug-likeness (QED) is 0.583. The molecule has 0 aromatic heterocycles. The predicted molar refractivity (Wildman–Crippen MR) is 115 cm³/mol. The van der Waals surface area contributed by atoms with Gasteiger partial charge in [-0.25, -0.2) is 4.39 Å². The van der Waals surface area contributed by atoms with Crippen LogP contribution in [0.4, 0.5) is 15.8 Å². The molecule has 9 heteroatoms. The summed E-state index contributed by atoms with van der Waals surface area (Å²) >= 11 is 0. The third-order valence-electron chi connectivity index (χ3n) is 5.18. The van der Waals surface area contributed by atoms with Crippen molar-refractivity contribution in [2.24, 2.45) is 0 Å². The molecule has 0 saturated carbocycles. The highest BCUT2D eigenvalue weighted by molar-refractivity contribution is 5.96. The number of carbonyl (C=O) groups is 2. The first-order valence-electron chi connectivity index (χ1n) is 10.1. The maximum absolute atomic E-state index is 13.8. The number of aryl methyl sites for hydroxylation is 1. The van der Waals surface area contributed by atoms with E-state index in [0.29, 0.717) is 37.4 Å². The van der Waals surface area contributed by atoms with Crippen molar-refractivity contribution in [2.75, 3.05) is 31.1 Å². The lowest BCUT2D eigenvalue weighted by Crippen LogP contribution is -2.49. The van der Waals surface area contributed by atoms with Gasteiger partial charge in [0.1, 0.15) is 11.5 Å². The Morgan fingerprint density at radius 2 is 1.71 bits per heavy atom. The number of anilines is 1. The molecule has 2 amide bonds. The van der Waals surface area contributed by atoms with E-state index < -0.39 is 10.7 Å². The highest BCUT2D eigenvalue weighted by Crippen LogP contribution is 2.30. The normalized spacial score (nSPS) is 14.0. The van der Waals surface area contributed by atoms with Gasteiger partial charge in [0.25, 0.3) is 17.5 Å². The third-order valence-corrected chi connectivity index (χ3v) is 5.18. The number of hydrogen-bond donors (Lipinski definition) is 1. The van der Waals surface area contributed by atoms with E-state index in [2.05, 4.69) is 5.32 Å². The van der Waals surface area contributed by atoms with Crippen LogP contribution >= 0.6 is 0 Å². The fourth-order valence-corrected chi connectivity index (χ4v) is 3.48. The molecule has 2 aromatic carbocycles. The molecule has 164 valence electrons. The molecule has 3 rings (SSSR count). The standard InChI is InChI=1S/C22H25FN4O4/c1-14(2)24-21(28)16-6-7-19(20(13-16)27(30)31)25-8-10-26(11-9-25)22(29)17-5-4-15(3)18(23)12-17/h4-7,12-14H,8-11H2,1-3H3,(H,24,28). The van der Waals surface area contributed by atoms with Crippen LogP contribution in [0.25, 0.3) is 0 Å². The Labute approximate surface area is 179 Å². The number of nitro benzene ring substituents is 1. The average molecular weight is 428 g/mol. The number of piperazine rings is 1. The lowest BCUT2D eigenvalue weighted by molar-refractivity contribution is -0.384. The second kappa shape index (κ2) is 9.11. The molecule has 0 bridgehead atoms. The molecule has 1 N–H and O–H groups in total. The Kier molecular flexibility index (Phi) is 6.53. The van der Waals surface area contributed by atoms with Gasteiger partial charge in [-0.1, -0.05) is 6.07 Å². The molecule has 0 aliphatic carbocycles. The van der Waals surface area contributed by atoms with Crippen LogP contribution in [0, 0.1) is 22.9 Å². The van der Waals surface area contributed by atoms with E-state index in [1.165, 1.54) is 12.1 Å². The summed E-state index contributed by atoms with van der Waals surface area (Å²) in [7, 11) is 0. The number of halogens is 1. The molecule has 0 atom stereocenters. The van der Waals surface area contributed by atoms with Gasteiger partial charge < -0.3 is 15.1 Å².